The minimum Gasteiger partial charge on any atom is -0.335 e. The van der Waals surface area contributed by atoms with Gasteiger partial charge in [0.1, 0.15) is 5.82 Å². The van der Waals surface area contributed by atoms with E-state index in [0.29, 0.717) is 19.6 Å². The van der Waals surface area contributed by atoms with Gasteiger partial charge >= 0.3 is 0 Å². The molecule has 0 unspecified atom stereocenters. The van der Waals surface area contributed by atoms with E-state index in [0.717, 1.165) is 51.9 Å². The molecule has 1 amide bonds. The van der Waals surface area contributed by atoms with Crippen LogP contribution in [0.3, 0.4) is 0 Å². The molecule has 4 aromatic rings. The van der Waals surface area contributed by atoms with Gasteiger partial charge in [0.15, 0.2) is 0 Å². The molecule has 1 saturated heterocycles. The second-order valence-corrected chi connectivity index (χ2v) is 10.2. The van der Waals surface area contributed by atoms with Crippen LogP contribution >= 0.6 is 11.3 Å². The maximum Gasteiger partial charge on any atom is 0.264 e. The van der Waals surface area contributed by atoms with Crippen molar-refractivity contribution in [3.63, 3.8) is 0 Å². The van der Waals surface area contributed by atoms with Gasteiger partial charge < -0.3 is 9.47 Å². The number of aryl methyl sites for hydroxylation is 2. The molecular weight excluding hydrogens is 476 g/mol. The standard InChI is InChI=1S/C31H30N4OS/c1-4-25(26-9-6-5-7-10-26)21-35-24(3)32-30(27-14-12-23(2)13-15-27)28(35)22-33-16-18-34(19-17-33)31(36)29-11-8-20-37-29/h1,5-15,20-21H,16-19,22H2,2-3H3. The number of aromatic nitrogens is 2. The summed E-state index contributed by atoms with van der Waals surface area (Å²) in [4.78, 5) is 23.0. The first-order valence-electron chi connectivity index (χ1n) is 12.5. The van der Waals surface area contributed by atoms with Crippen molar-refractivity contribution in [1.82, 2.24) is 19.4 Å². The molecule has 0 bridgehead atoms. The lowest BCUT2D eigenvalue weighted by molar-refractivity contribution is 0.0631. The van der Waals surface area contributed by atoms with Crippen molar-refractivity contribution >= 4 is 29.0 Å². The van der Waals surface area contributed by atoms with E-state index in [9.17, 15) is 4.79 Å². The molecule has 0 saturated carbocycles. The molecule has 5 nitrogen and oxygen atoms in total. The number of amides is 1. The molecule has 1 fully saturated rings. The minimum absolute atomic E-state index is 0.125. The van der Waals surface area contributed by atoms with Gasteiger partial charge in [-0.3, -0.25) is 9.69 Å². The lowest BCUT2D eigenvalue weighted by Gasteiger charge is -2.34. The van der Waals surface area contributed by atoms with Crippen LogP contribution in [0.5, 0.6) is 0 Å². The van der Waals surface area contributed by atoms with Gasteiger partial charge in [0.25, 0.3) is 5.91 Å². The number of hydrogen-bond donors (Lipinski definition) is 0. The average Bonchev–Trinajstić information content (AvgIpc) is 3.57. The summed E-state index contributed by atoms with van der Waals surface area (Å²) in [6, 6.07) is 22.4. The first-order valence-corrected chi connectivity index (χ1v) is 13.3. The van der Waals surface area contributed by atoms with Crippen LogP contribution in [0, 0.1) is 26.2 Å². The van der Waals surface area contributed by atoms with E-state index in [1.54, 1.807) is 0 Å². The number of piperazine rings is 1. The van der Waals surface area contributed by atoms with Crippen molar-refractivity contribution < 1.29 is 4.79 Å². The summed E-state index contributed by atoms with van der Waals surface area (Å²) in [6.45, 7) is 7.85. The van der Waals surface area contributed by atoms with Crippen LogP contribution in [0.25, 0.3) is 23.0 Å². The Balaban J connectivity index is 1.46. The molecule has 2 aromatic carbocycles. The van der Waals surface area contributed by atoms with E-state index >= 15 is 0 Å². The Bertz CT molecular complexity index is 1440. The normalized spacial score (nSPS) is 14.5. The molecule has 1 aliphatic heterocycles. The predicted molar refractivity (Wildman–Crippen MR) is 152 cm³/mol. The van der Waals surface area contributed by atoms with Crippen LogP contribution < -0.4 is 0 Å². The van der Waals surface area contributed by atoms with Gasteiger partial charge in [0.05, 0.1) is 16.3 Å². The first kappa shape index (κ1) is 24.8. The quantitative estimate of drug-likeness (QED) is 0.310. The summed E-state index contributed by atoms with van der Waals surface area (Å²) in [7, 11) is 0. The molecule has 2 aromatic heterocycles. The third-order valence-corrected chi connectivity index (χ3v) is 7.63. The maximum atomic E-state index is 12.8. The number of terminal acetylenes is 1. The summed E-state index contributed by atoms with van der Waals surface area (Å²) >= 11 is 1.50. The Labute approximate surface area is 222 Å². The number of imidazole rings is 1. The Morgan fingerprint density at radius 3 is 2.38 bits per heavy atom. The second kappa shape index (κ2) is 11.0. The molecule has 0 atom stereocenters. The molecule has 37 heavy (non-hydrogen) atoms. The van der Waals surface area contributed by atoms with Gasteiger partial charge in [-0.2, -0.15) is 0 Å². The number of allylic oxidation sites excluding steroid dienone is 1. The summed E-state index contributed by atoms with van der Waals surface area (Å²) in [6.07, 6.45) is 7.99. The van der Waals surface area contributed by atoms with Crippen molar-refractivity contribution in [2.45, 2.75) is 20.4 Å². The number of hydrogen-bond acceptors (Lipinski definition) is 4. The van der Waals surface area contributed by atoms with Gasteiger partial charge in [-0.15, -0.1) is 17.8 Å². The molecule has 0 radical (unpaired) electrons. The fraction of sp³-hybridized carbons (Fsp3) is 0.226. The predicted octanol–water partition coefficient (Wildman–Crippen LogP) is 5.82. The van der Waals surface area contributed by atoms with Crippen LogP contribution in [-0.4, -0.2) is 51.4 Å². The fourth-order valence-electron chi connectivity index (χ4n) is 4.67. The van der Waals surface area contributed by atoms with E-state index < -0.39 is 0 Å². The van der Waals surface area contributed by atoms with Crippen molar-refractivity contribution in [1.29, 1.82) is 0 Å². The number of nitrogens with zero attached hydrogens (tertiary/aromatic N) is 4. The van der Waals surface area contributed by atoms with Crippen LogP contribution in [-0.2, 0) is 6.54 Å². The summed E-state index contributed by atoms with van der Waals surface area (Å²) in [5, 5.41) is 1.95. The first-order chi connectivity index (χ1) is 18.0. The molecule has 1 aliphatic rings. The number of thiophene rings is 1. The molecule has 0 spiro atoms. The van der Waals surface area contributed by atoms with Gasteiger partial charge in [0.2, 0.25) is 0 Å². The van der Waals surface area contributed by atoms with E-state index in [1.807, 2.05) is 65.9 Å². The van der Waals surface area contributed by atoms with E-state index in [1.165, 1.54) is 16.9 Å². The summed E-state index contributed by atoms with van der Waals surface area (Å²) < 4.78 is 2.14. The molecular formula is C31H30N4OS. The topological polar surface area (TPSA) is 41.4 Å². The zero-order chi connectivity index (χ0) is 25.8. The smallest absolute Gasteiger partial charge is 0.264 e. The Hall–Kier alpha value is -3.92. The molecule has 3 heterocycles. The molecule has 6 heteroatoms. The Kier molecular flexibility index (Phi) is 7.36. The maximum absolute atomic E-state index is 12.8. The second-order valence-electron chi connectivity index (χ2n) is 9.29. The summed E-state index contributed by atoms with van der Waals surface area (Å²) in [5.74, 6) is 3.88. The van der Waals surface area contributed by atoms with Crippen molar-refractivity contribution in [3.05, 3.63) is 99.6 Å². The minimum atomic E-state index is 0.125. The Morgan fingerprint density at radius 1 is 1.00 bits per heavy atom. The van der Waals surface area contributed by atoms with Crippen molar-refractivity contribution in [2.75, 3.05) is 26.2 Å². The lowest BCUT2D eigenvalue weighted by Crippen LogP contribution is -2.48. The average molecular weight is 507 g/mol. The van der Waals surface area contributed by atoms with Crippen molar-refractivity contribution in [3.8, 4) is 23.6 Å². The fourth-order valence-corrected chi connectivity index (χ4v) is 5.36. The lowest BCUT2D eigenvalue weighted by atomic mass is 10.1. The van der Waals surface area contributed by atoms with Crippen LogP contribution in [0.4, 0.5) is 0 Å². The monoisotopic (exact) mass is 506 g/mol. The highest BCUT2D eigenvalue weighted by molar-refractivity contribution is 7.12. The van der Waals surface area contributed by atoms with Gasteiger partial charge in [0, 0.05) is 50.1 Å². The van der Waals surface area contributed by atoms with E-state index in [-0.39, 0.29) is 5.91 Å². The van der Waals surface area contributed by atoms with Gasteiger partial charge in [-0.25, -0.2) is 4.98 Å². The van der Waals surface area contributed by atoms with Gasteiger partial charge in [-0.1, -0.05) is 72.1 Å². The highest BCUT2D eigenvalue weighted by Crippen LogP contribution is 2.28. The summed E-state index contributed by atoms with van der Waals surface area (Å²) in [5.41, 5.74) is 6.18. The van der Waals surface area contributed by atoms with E-state index in [2.05, 4.69) is 46.6 Å². The van der Waals surface area contributed by atoms with Crippen molar-refractivity contribution in [2.24, 2.45) is 0 Å². The highest BCUT2D eigenvalue weighted by Gasteiger charge is 2.25. The Morgan fingerprint density at radius 2 is 1.73 bits per heavy atom. The molecule has 5 rings (SSSR count). The highest BCUT2D eigenvalue weighted by atomic mass is 32.1. The number of carbonyl (C=O) groups excluding carboxylic acids is 1. The van der Waals surface area contributed by atoms with Crippen LogP contribution in [0.1, 0.15) is 32.3 Å². The molecule has 0 N–H and O–H groups in total. The third kappa shape index (κ3) is 5.43. The zero-order valence-corrected chi connectivity index (χ0v) is 22.0. The third-order valence-electron chi connectivity index (χ3n) is 6.77. The number of carbonyl (C=O) groups is 1. The molecule has 0 aliphatic carbocycles. The SMILES string of the molecule is C#CC(=Cn1c(C)nc(-c2ccc(C)cc2)c1CN1CCN(C(=O)c2cccs2)CC1)c1ccccc1. The van der Waals surface area contributed by atoms with E-state index in [4.69, 9.17) is 11.4 Å². The van der Waals surface area contributed by atoms with Gasteiger partial charge in [-0.05, 0) is 30.9 Å². The number of rotatable bonds is 6. The number of benzene rings is 2. The zero-order valence-electron chi connectivity index (χ0n) is 21.2. The largest absolute Gasteiger partial charge is 0.335 e. The van der Waals surface area contributed by atoms with Crippen LogP contribution in [0.15, 0.2) is 72.1 Å². The van der Waals surface area contributed by atoms with Crippen LogP contribution in [0.2, 0.25) is 0 Å². The molecule has 186 valence electrons.